The van der Waals surface area contributed by atoms with E-state index in [4.69, 9.17) is 9.47 Å². The Balaban J connectivity index is 1.20. The zero-order chi connectivity index (χ0) is 31.4. The maximum absolute atomic E-state index is 13.7. The standard InChI is InChI=1S/C35H44N2O6Si/c1-23-31(18-11-24-9-14-28(15-10-24)36-35(40)25-12-16-30(42-2)17-13-25)43-32(34(23)44(3,4)41)20-33(39)37-21-27-8-6-5-7-26(27)19-29(37)22-38/h5-10,12-17,23,29,31-32,34,38,41H,11,18-22H2,1-4H3,(H,36,40)/t23-,29-,31+,32-,34+/m0/s1. The van der Waals surface area contributed by atoms with E-state index in [9.17, 15) is 19.5 Å². The van der Waals surface area contributed by atoms with Gasteiger partial charge in [0.05, 0.1) is 38.4 Å². The third-order valence-electron chi connectivity index (χ3n) is 9.26. The lowest BCUT2D eigenvalue weighted by molar-refractivity contribution is -0.138. The molecule has 3 N–H and O–H groups in total. The average molecular weight is 617 g/mol. The molecular weight excluding hydrogens is 572 g/mol. The van der Waals surface area contributed by atoms with Crippen molar-refractivity contribution >= 4 is 25.8 Å². The van der Waals surface area contributed by atoms with Crippen molar-refractivity contribution in [3.63, 3.8) is 0 Å². The average Bonchev–Trinajstić information content (AvgIpc) is 3.34. The molecule has 2 amide bonds. The van der Waals surface area contributed by atoms with Gasteiger partial charge in [-0.1, -0.05) is 43.3 Å². The maximum Gasteiger partial charge on any atom is 0.255 e. The SMILES string of the molecule is COc1ccc(C(=O)Nc2ccc(CC[C@H]3O[C@@H](CC(=O)N4Cc5ccccc5C[C@H]4CO)[C@H]([Si](C)(C)O)[C@H]3C)cc2)cc1. The van der Waals surface area contributed by atoms with Crippen LogP contribution in [0.4, 0.5) is 5.69 Å². The fourth-order valence-corrected chi connectivity index (χ4v) is 9.56. The van der Waals surface area contributed by atoms with Crippen LogP contribution in [0.25, 0.3) is 0 Å². The number of ether oxygens (including phenoxy) is 2. The summed E-state index contributed by atoms with van der Waals surface area (Å²) in [5.74, 6) is 0.587. The van der Waals surface area contributed by atoms with Crippen LogP contribution in [0, 0.1) is 5.92 Å². The van der Waals surface area contributed by atoms with E-state index in [0.29, 0.717) is 30.0 Å². The maximum atomic E-state index is 13.7. The molecule has 9 heteroatoms. The quantitative estimate of drug-likeness (QED) is 0.271. The van der Waals surface area contributed by atoms with Crippen molar-refractivity contribution in [2.45, 2.75) is 76.0 Å². The van der Waals surface area contributed by atoms with E-state index in [1.807, 2.05) is 55.6 Å². The third-order valence-corrected chi connectivity index (χ3v) is 11.8. The van der Waals surface area contributed by atoms with Crippen LogP contribution < -0.4 is 10.1 Å². The predicted molar refractivity (Wildman–Crippen MR) is 173 cm³/mol. The van der Waals surface area contributed by atoms with Crippen molar-refractivity contribution in [1.29, 1.82) is 0 Å². The fraction of sp³-hybridized carbons (Fsp3) is 0.429. The number of methoxy groups -OCH3 is 1. The van der Waals surface area contributed by atoms with E-state index in [-0.39, 0.29) is 54.6 Å². The smallest absolute Gasteiger partial charge is 0.255 e. The molecule has 5 rings (SSSR count). The zero-order valence-corrected chi connectivity index (χ0v) is 27.0. The number of amides is 2. The first-order valence-electron chi connectivity index (χ1n) is 15.5. The summed E-state index contributed by atoms with van der Waals surface area (Å²) in [7, 11) is -1.06. The van der Waals surface area contributed by atoms with E-state index in [2.05, 4.69) is 18.3 Å². The molecule has 0 saturated carbocycles. The summed E-state index contributed by atoms with van der Waals surface area (Å²) in [5.41, 5.74) is 4.61. The molecule has 3 aromatic rings. The number of aliphatic hydroxyl groups is 1. The Morgan fingerprint density at radius 1 is 1.00 bits per heavy atom. The number of rotatable bonds is 10. The van der Waals surface area contributed by atoms with E-state index >= 15 is 0 Å². The Hall–Kier alpha value is -3.50. The molecule has 44 heavy (non-hydrogen) atoms. The molecule has 234 valence electrons. The van der Waals surface area contributed by atoms with Gasteiger partial charge in [-0.15, -0.1) is 0 Å². The number of carbonyl (C=O) groups is 2. The highest BCUT2D eigenvalue weighted by molar-refractivity contribution is 6.71. The van der Waals surface area contributed by atoms with Gasteiger partial charge in [-0.2, -0.15) is 0 Å². The normalized spacial score (nSPS) is 23.2. The summed E-state index contributed by atoms with van der Waals surface area (Å²) in [6.07, 6.45) is 1.93. The van der Waals surface area contributed by atoms with Gasteiger partial charge in [-0.05, 0) is 91.4 Å². The van der Waals surface area contributed by atoms with Gasteiger partial charge in [0.15, 0.2) is 8.32 Å². The number of nitrogens with one attached hydrogen (secondary N) is 1. The number of fused-ring (bicyclic) bond motifs is 1. The lowest BCUT2D eigenvalue weighted by Gasteiger charge is -2.37. The van der Waals surface area contributed by atoms with Crippen LogP contribution in [0.2, 0.25) is 18.6 Å². The third kappa shape index (κ3) is 7.23. The minimum absolute atomic E-state index is 0.0353. The highest BCUT2D eigenvalue weighted by atomic mass is 28.4. The van der Waals surface area contributed by atoms with Gasteiger partial charge in [0.25, 0.3) is 5.91 Å². The van der Waals surface area contributed by atoms with E-state index < -0.39 is 8.32 Å². The van der Waals surface area contributed by atoms with E-state index in [0.717, 1.165) is 24.0 Å². The van der Waals surface area contributed by atoms with Crippen LogP contribution in [-0.4, -0.2) is 66.9 Å². The molecule has 8 nitrogen and oxygen atoms in total. The molecule has 0 bridgehead atoms. The van der Waals surface area contributed by atoms with Crippen LogP contribution in [0.3, 0.4) is 0 Å². The topological polar surface area (TPSA) is 108 Å². The van der Waals surface area contributed by atoms with Crippen LogP contribution in [0.5, 0.6) is 5.75 Å². The second kappa shape index (κ2) is 13.6. The number of anilines is 1. The number of carbonyl (C=O) groups excluding carboxylic acids is 2. The Morgan fingerprint density at radius 2 is 1.68 bits per heavy atom. The molecule has 2 heterocycles. The molecule has 1 saturated heterocycles. The van der Waals surface area contributed by atoms with Crippen LogP contribution >= 0.6 is 0 Å². The molecular formula is C35H44N2O6Si. The lowest BCUT2D eigenvalue weighted by Crippen LogP contribution is -2.48. The molecule has 0 aromatic heterocycles. The van der Waals surface area contributed by atoms with Crippen molar-refractivity contribution in [1.82, 2.24) is 4.90 Å². The molecule has 2 aliphatic heterocycles. The monoisotopic (exact) mass is 616 g/mol. The van der Waals surface area contributed by atoms with E-state index in [1.54, 1.807) is 36.3 Å². The first-order valence-corrected chi connectivity index (χ1v) is 18.5. The van der Waals surface area contributed by atoms with Gasteiger partial charge in [0, 0.05) is 23.3 Å². The van der Waals surface area contributed by atoms with Crippen molar-refractivity contribution in [3.05, 3.63) is 95.1 Å². The van der Waals surface area contributed by atoms with Gasteiger partial charge >= 0.3 is 0 Å². The predicted octanol–water partition coefficient (Wildman–Crippen LogP) is 5.19. The van der Waals surface area contributed by atoms with Gasteiger partial charge in [-0.25, -0.2) is 0 Å². The molecule has 0 radical (unpaired) electrons. The van der Waals surface area contributed by atoms with Gasteiger partial charge < -0.3 is 29.6 Å². The molecule has 2 aliphatic rings. The first-order chi connectivity index (χ1) is 21.1. The van der Waals surface area contributed by atoms with Crippen LogP contribution in [-0.2, 0) is 28.9 Å². The summed E-state index contributed by atoms with van der Waals surface area (Å²) in [4.78, 5) is 39.3. The van der Waals surface area contributed by atoms with Gasteiger partial charge in [-0.3, -0.25) is 9.59 Å². The molecule has 3 aromatic carbocycles. The van der Waals surface area contributed by atoms with Gasteiger partial charge in [0.1, 0.15) is 5.75 Å². The molecule has 1 fully saturated rings. The highest BCUT2D eigenvalue weighted by Crippen LogP contribution is 2.46. The largest absolute Gasteiger partial charge is 0.497 e. The van der Waals surface area contributed by atoms with Crippen LogP contribution in [0.1, 0.15) is 46.8 Å². The highest BCUT2D eigenvalue weighted by Gasteiger charge is 2.50. The molecule has 0 spiro atoms. The Kier molecular flexibility index (Phi) is 9.89. The number of aryl methyl sites for hydroxylation is 1. The van der Waals surface area contributed by atoms with E-state index in [1.165, 1.54) is 5.56 Å². The van der Waals surface area contributed by atoms with Crippen LogP contribution in [0.15, 0.2) is 72.8 Å². The van der Waals surface area contributed by atoms with Crippen molar-refractivity contribution in [2.75, 3.05) is 19.0 Å². The number of nitrogens with zero attached hydrogens (tertiary/aromatic N) is 1. The summed E-state index contributed by atoms with van der Waals surface area (Å²) in [6, 6.07) is 22.6. The molecule has 0 unspecified atom stereocenters. The molecule has 5 atom stereocenters. The van der Waals surface area contributed by atoms with Crippen molar-refractivity contribution in [2.24, 2.45) is 5.92 Å². The Labute approximate surface area is 261 Å². The lowest BCUT2D eigenvalue weighted by atomic mass is 9.93. The van der Waals surface area contributed by atoms with Crippen molar-refractivity contribution in [3.8, 4) is 5.75 Å². The zero-order valence-electron chi connectivity index (χ0n) is 26.0. The minimum atomic E-state index is -2.65. The number of benzene rings is 3. The fourth-order valence-electron chi connectivity index (χ4n) is 6.95. The summed E-state index contributed by atoms with van der Waals surface area (Å²) < 4.78 is 11.7. The molecule has 0 aliphatic carbocycles. The summed E-state index contributed by atoms with van der Waals surface area (Å²) in [5, 5.41) is 13.0. The van der Waals surface area contributed by atoms with Crippen molar-refractivity contribution < 1.29 is 29.0 Å². The minimum Gasteiger partial charge on any atom is -0.497 e. The second-order valence-electron chi connectivity index (χ2n) is 12.7. The number of aliphatic hydroxyl groups excluding tert-OH is 1. The second-order valence-corrected chi connectivity index (χ2v) is 16.7. The van der Waals surface area contributed by atoms with Gasteiger partial charge in [0.2, 0.25) is 5.91 Å². The number of hydrogen-bond acceptors (Lipinski definition) is 6. The Bertz CT molecular complexity index is 1440. The summed E-state index contributed by atoms with van der Waals surface area (Å²) in [6.45, 7) is 6.40. The summed E-state index contributed by atoms with van der Waals surface area (Å²) >= 11 is 0. The Morgan fingerprint density at radius 3 is 2.32 bits per heavy atom. The first kappa shape index (κ1) is 31.9. The number of hydrogen-bond donors (Lipinski definition) is 3.